The summed E-state index contributed by atoms with van der Waals surface area (Å²) in [6.07, 6.45) is 18.7. The van der Waals surface area contributed by atoms with Crippen molar-refractivity contribution >= 4 is 12.2 Å². The maximum absolute atomic E-state index is 5.63. The molecule has 32 heavy (non-hydrogen) atoms. The summed E-state index contributed by atoms with van der Waals surface area (Å²) in [6, 6.07) is 6.16. The average Bonchev–Trinajstić information content (AvgIpc) is 3.26. The molecule has 6 nitrogen and oxygen atoms in total. The molecule has 2 aromatic heterocycles. The number of imidazole rings is 1. The van der Waals surface area contributed by atoms with Gasteiger partial charge in [0.05, 0.1) is 24.8 Å². The van der Waals surface area contributed by atoms with E-state index >= 15 is 0 Å². The third-order valence-corrected chi connectivity index (χ3v) is 6.75. The molecule has 0 radical (unpaired) electrons. The minimum atomic E-state index is 0.370. The van der Waals surface area contributed by atoms with Crippen LogP contribution < -0.4 is 4.74 Å². The molecule has 3 aliphatic rings. The largest absolute Gasteiger partial charge is 0.495 e. The summed E-state index contributed by atoms with van der Waals surface area (Å²) in [5, 5.41) is 4.77. The van der Waals surface area contributed by atoms with Gasteiger partial charge in [-0.3, -0.25) is 0 Å². The zero-order valence-corrected chi connectivity index (χ0v) is 18.5. The molecule has 6 rings (SSSR count). The summed E-state index contributed by atoms with van der Waals surface area (Å²) in [5.41, 5.74) is 4.42. The molecule has 162 valence electrons. The molecule has 3 aromatic rings. The molecular weight excluding hydrogens is 398 g/mol. The van der Waals surface area contributed by atoms with Crippen LogP contribution in [0.3, 0.4) is 0 Å². The first-order valence-corrected chi connectivity index (χ1v) is 11.4. The van der Waals surface area contributed by atoms with Crippen molar-refractivity contribution in [1.29, 1.82) is 0 Å². The van der Waals surface area contributed by atoms with Gasteiger partial charge in [0.15, 0.2) is 5.82 Å². The number of rotatable bonds is 5. The van der Waals surface area contributed by atoms with Crippen LogP contribution >= 0.6 is 0 Å². The van der Waals surface area contributed by atoms with Gasteiger partial charge in [-0.1, -0.05) is 30.4 Å². The molecule has 0 bridgehead atoms. The maximum atomic E-state index is 5.63. The predicted octanol–water partition coefficient (Wildman–Crippen LogP) is 4.96. The van der Waals surface area contributed by atoms with E-state index in [1.165, 1.54) is 12.0 Å². The van der Waals surface area contributed by atoms with Crippen molar-refractivity contribution in [2.75, 3.05) is 7.11 Å². The van der Waals surface area contributed by atoms with Gasteiger partial charge in [-0.2, -0.15) is 5.10 Å². The van der Waals surface area contributed by atoms with Crippen molar-refractivity contribution in [3.05, 3.63) is 77.4 Å². The van der Waals surface area contributed by atoms with Crippen LogP contribution in [0.1, 0.15) is 48.1 Å². The van der Waals surface area contributed by atoms with E-state index in [-0.39, 0.29) is 0 Å². The van der Waals surface area contributed by atoms with Crippen LogP contribution in [0.4, 0.5) is 0 Å². The predicted molar refractivity (Wildman–Crippen MR) is 125 cm³/mol. The number of hydrogen-bond donors (Lipinski definition) is 0. The smallest absolute Gasteiger partial charge is 0.174 e. The minimum Gasteiger partial charge on any atom is -0.495 e. The lowest BCUT2D eigenvalue weighted by Crippen LogP contribution is -2.18. The summed E-state index contributed by atoms with van der Waals surface area (Å²) in [7, 11) is 1.69. The highest BCUT2D eigenvalue weighted by atomic mass is 16.5. The Labute approximate surface area is 188 Å². The van der Waals surface area contributed by atoms with Crippen LogP contribution in [0.15, 0.2) is 54.5 Å². The number of fused-ring (bicyclic) bond motifs is 2. The molecule has 1 saturated carbocycles. The lowest BCUT2D eigenvalue weighted by molar-refractivity contribution is 0.413. The molecular formula is C26H27N5O. The molecule has 0 amide bonds. The van der Waals surface area contributed by atoms with E-state index in [2.05, 4.69) is 40.0 Å². The quantitative estimate of drug-likeness (QED) is 0.580. The Morgan fingerprint density at radius 2 is 2.12 bits per heavy atom. The maximum Gasteiger partial charge on any atom is 0.174 e. The Morgan fingerprint density at radius 1 is 1.19 bits per heavy atom. The molecule has 0 spiro atoms. The number of aryl methyl sites for hydroxylation is 2. The van der Waals surface area contributed by atoms with Gasteiger partial charge in [-0.25, -0.2) is 14.6 Å². The fourth-order valence-corrected chi connectivity index (χ4v) is 4.91. The molecule has 1 aliphatic heterocycles. The van der Waals surface area contributed by atoms with E-state index in [0.717, 1.165) is 65.6 Å². The molecule has 0 saturated heterocycles. The fourth-order valence-electron chi connectivity index (χ4n) is 4.91. The number of aromatic nitrogens is 5. The van der Waals surface area contributed by atoms with Gasteiger partial charge in [-0.15, -0.1) is 0 Å². The lowest BCUT2D eigenvalue weighted by atomic mass is 9.88. The molecule has 1 aromatic carbocycles. The number of methoxy groups -OCH3 is 1. The highest BCUT2D eigenvalue weighted by Gasteiger charge is 2.37. The first-order valence-electron chi connectivity index (χ1n) is 11.4. The van der Waals surface area contributed by atoms with Crippen LogP contribution in [-0.2, 0) is 6.54 Å². The second-order valence-electron chi connectivity index (χ2n) is 9.02. The van der Waals surface area contributed by atoms with Crippen LogP contribution in [0.2, 0.25) is 0 Å². The highest BCUT2D eigenvalue weighted by Crippen LogP contribution is 2.47. The number of ether oxygens (including phenoxy) is 1. The van der Waals surface area contributed by atoms with E-state index in [1.807, 2.05) is 35.9 Å². The van der Waals surface area contributed by atoms with Crippen LogP contribution in [0, 0.1) is 18.8 Å². The Morgan fingerprint density at radius 3 is 2.94 bits per heavy atom. The second kappa shape index (κ2) is 7.62. The summed E-state index contributed by atoms with van der Waals surface area (Å²) < 4.78 is 9.71. The van der Waals surface area contributed by atoms with Gasteiger partial charge in [0.1, 0.15) is 11.6 Å². The normalized spacial score (nSPS) is 23.7. The zero-order valence-electron chi connectivity index (χ0n) is 18.5. The van der Waals surface area contributed by atoms with Crippen molar-refractivity contribution in [1.82, 2.24) is 24.3 Å². The Kier molecular flexibility index (Phi) is 4.59. The fraction of sp³-hybridized carbons (Fsp3) is 0.346. The second-order valence-corrected chi connectivity index (χ2v) is 9.02. The van der Waals surface area contributed by atoms with E-state index < -0.39 is 0 Å². The van der Waals surface area contributed by atoms with Crippen molar-refractivity contribution in [2.45, 2.75) is 38.6 Å². The summed E-state index contributed by atoms with van der Waals surface area (Å²) >= 11 is 0. The van der Waals surface area contributed by atoms with E-state index in [0.29, 0.717) is 5.92 Å². The van der Waals surface area contributed by atoms with E-state index in [1.54, 1.807) is 13.4 Å². The first kappa shape index (κ1) is 19.3. The van der Waals surface area contributed by atoms with E-state index in [4.69, 9.17) is 14.8 Å². The van der Waals surface area contributed by atoms with Crippen LogP contribution in [0.25, 0.3) is 17.8 Å². The molecule has 2 aliphatic carbocycles. The molecule has 3 heterocycles. The Hall–Kier alpha value is -3.41. The summed E-state index contributed by atoms with van der Waals surface area (Å²) in [4.78, 5) is 9.23. The van der Waals surface area contributed by atoms with Gasteiger partial charge in [0.25, 0.3) is 0 Å². The van der Waals surface area contributed by atoms with E-state index in [9.17, 15) is 0 Å². The van der Waals surface area contributed by atoms with Crippen molar-refractivity contribution < 1.29 is 4.74 Å². The lowest BCUT2D eigenvalue weighted by Gasteiger charge is -2.24. The first-order chi connectivity index (χ1) is 15.7. The number of allylic oxidation sites excluding steroid dienone is 4. The third-order valence-electron chi connectivity index (χ3n) is 6.75. The monoisotopic (exact) mass is 425 g/mol. The van der Waals surface area contributed by atoms with Gasteiger partial charge in [0.2, 0.25) is 0 Å². The minimum absolute atomic E-state index is 0.370. The standard InChI is InChI=1S/C26H27N5O/c1-17-15-30(16-27-17)23-9-5-18(12-24(23)32-2)6-10-25-28-26-22(4-3-11-31(26)29-25)20-8-7-19-13-21(19)14-20/h5-10,12,14-16,19,21-22H,3-4,11,13H2,1-2H3/b10-6+/t19?,21?,22-/m0/s1. The van der Waals surface area contributed by atoms with Gasteiger partial charge in [0, 0.05) is 18.7 Å². The van der Waals surface area contributed by atoms with Gasteiger partial charge in [-0.05, 0) is 67.4 Å². The van der Waals surface area contributed by atoms with Crippen LogP contribution in [0.5, 0.6) is 5.75 Å². The highest BCUT2D eigenvalue weighted by molar-refractivity contribution is 5.69. The van der Waals surface area contributed by atoms with Crippen molar-refractivity contribution in [3.8, 4) is 11.4 Å². The molecule has 0 N–H and O–H groups in total. The summed E-state index contributed by atoms with van der Waals surface area (Å²) in [6.45, 7) is 2.93. The van der Waals surface area contributed by atoms with Crippen LogP contribution in [-0.4, -0.2) is 31.4 Å². The van der Waals surface area contributed by atoms with Gasteiger partial charge < -0.3 is 9.30 Å². The molecule has 1 fully saturated rings. The molecule has 3 atom stereocenters. The number of nitrogens with zero attached hydrogens (tertiary/aromatic N) is 5. The summed E-state index contributed by atoms with van der Waals surface area (Å²) in [5.74, 6) is 4.60. The number of benzene rings is 1. The van der Waals surface area contributed by atoms with Crippen molar-refractivity contribution in [3.63, 3.8) is 0 Å². The zero-order chi connectivity index (χ0) is 21.7. The Bertz CT molecular complexity index is 1260. The SMILES string of the molecule is COc1cc(/C=C/c2nc3n(n2)CCC[C@H]3C2=CC3CC3C=C2)ccc1-n1cnc(C)c1. The topological polar surface area (TPSA) is 57.8 Å². The molecule has 6 heteroatoms. The molecule has 2 unspecified atom stereocenters. The Balaban J connectivity index is 1.25. The number of hydrogen-bond acceptors (Lipinski definition) is 4. The third kappa shape index (κ3) is 3.49. The van der Waals surface area contributed by atoms with Crippen molar-refractivity contribution in [2.24, 2.45) is 11.8 Å². The van der Waals surface area contributed by atoms with Gasteiger partial charge >= 0.3 is 0 Å². The average molecular weight is 426 g/mol.